The van der Waals surface area contributed by atoms with E-state index in [0.717, 1.165) is 16.1 Å². The van der Waals surface area contributed by atoms with Gasteiger partial charge in [-0.05, 0) is 37.3 Å². The predicted octanol–water partition coefficient (Wildman–Crippen LogP) is 5.20. The van der Waals surface area contributed by atoms with Crippen molar-refractivity contribution in [1.29, 1.82) is 0 Å². The SMILES string of the molecule is CCOC(=O)COc1c(Cl)cc(C=Nn2c(-c3cc4ccccc4o3)nc3ccccc3c2=O)cc1[N+](=O)[O-]. The molecule has 0 amide bonds. The lowest BCUT2D eigenvalue weighted by Gasteiger charge is -2.09. The average molecular weight is 547 g/mol. The van der Waals surface area contributed by atoms with Crippen molar-refractivity contribution in [2.45, 2.75) is 6.92 Å². The molecule has 11 nitrogen and oxygen atoms in total. The van der Waals surface area contributed by atoms with Gasteiger partial charge in [-0.15, -0.1) is 0 Å². The van der Waals surface area contributed by atoms with Crippen LogP contribution in [0.25, 0.3) is 33.5 Å². The van der Waals surface area contributed by atoms with E-state index in [9.17, 15) is 19.7 Å². The van der Waals surface area contributed by atoms with Crippen molar-refractivity contribution in [2.24, 2.45) is 5.10 Å². The second kappa shape index (κ2) is 10.8. The number of benzene rings is 3. The Morgan fingerprint density at radius 3 is 2.72 bits per heavy atom. The Bertz CT molecular complexity index is 1790. The van der Waals surface area contributed by atoms with Gasteiger partial charge in [0.15, 0.2) is 12.4 Å². The second-order valence-corrected chi connectivity index (χ2v) is 8.57. The van der Waals surface area contributed by atoms with Crippen LogP contribution in [0.15, 0.2) is 81.0 Å². The number of carbonyl (C=O) groups is 1. The Morgan fingerprint density at radius 2 is 1.95 bits per heavy atom. The minimum atomic E-state index is -0.701. The van der Waals surface area contributed by atoms with Crippen LogP contribution in [0.4, 0.5) is 5.69 Å². The molecule has 0 fully saturated rings. The number of para-hydroxylation sites is 2. The Balaban J connectivity index is 1.59. The van der Waals surface area contributed by atoms with E-state index in [-0.39, 0.29) is 28.8 Å². The molecule has 0 radical (unpaired) electrons. The van der Waals surface area contributed by atoms with Crippen LogP contribution in [0.5, 0.6) is 5.75 Å². The van der Waals surface area contributed by atoms with Crippen LogP contribution in [-0.4, -0.2) is 40.0 Å². The van der Waals surface area contributed by atoms with Gasteiger partial charge in [0.05, 0.1) is 33.7 Å². The van der Waals surface area contributed by atoms with Crippen LogP contribution in [-0.2, 0) is 9.53 Å². The van der Waals surface area contributed by atoms with E-state index in [1.165, 1.54) is 12.3 Å². The topological polar surface area (TPSA) is 139 Å². The second-order valence-electron chi connectivity index (χ2n) is 8.16. The molecular formula is C27H19ClN4O7. The van der Waals surface area contributed by atoms with Gasteiger partial charge in [-0.25, -0.2) is 9.78 Å². The van der Waals surface area contributed by atoms with E-state index in [0.29, 0.717) is 22.2 Å². The normalized spacial score (nSPS) is 11.3. The standard InChI is InChI=1S/C27H19ClN4O7/c1-2-37-24(33)15-38-25-19(28)11-16(12-21(25)32(35)36)14-29-31-26(23-13-17-7-3-6-10-22(17)39-23)30-20-9-5-4-8-18(20)27(31)34/h3-14H,2,15H2,1H3. The Hall–Kier alpha value is -5.03. The number of nitro benzene ring substituents is 1. The number of rotatable bonds is 8. The maximum atomic E-state index is 13.4. The molecular weight excluding hydrogens is 528 g/mol. The lowest BCUT2D eigenvalue weighted by molar-refractivity contribution is -0.385. The van der Waals surface area contributed by atoms with Crippen molar-refractivity contribution in [1.82, 2.24) is 9.66 Å². The van der Waals surface area contributed by atoms with Gasteiger partial charge < -0.3 is 13.9 Å². The molecule has 5 aromatic rings. The molecule has 2 heterocycles. The fourth-order valence-corrected chi connectivity index (χ4v) is 4.17. The molecule has 0 bridgehead atoms. The molecule has 39 heavy (non-hydrogen) atoms. The van der Waals surface area contributed by atoms with Gasteiger partial charge in [0.25, 0.3) is 5.56 Å². The molecule has 5 rings (SSSR count). The van der Waals surface area contributed by atoms with Crippen LogP contribution in [0.3, 0.4) is 0 Å². The number of furan rings is 1. The predicted molar refractivity (Wildman–Crippen MR) is 144 cm³/mol. The zero-order valence-electron chi connectivity index (χ0n) is 20.4. The number of halogens is 1. The van der Waals surface area contributed by atoms with Gasteiger partial charge in [0, 0.05) is 17.0 Å². The number of esters is 1. The molecule has 196 valence electrons. The summed E-state index contributed by atoms with van der Waals surface area (Å²) in [6.07, 6.45) is 1.23. The summed E-state index contributed by atoms with van der Waals surface area (Å²) in [5.74, 6) is -0.543. The number of nitrogens with zero attached hydrogens (tertiary/aromatic N) is 4. The van der Waals surface area contributed by atoms with E-state index in [1.807, 2.05) is 18.2 Å². The Labute approximate surface area is 225 Å². The number of aromatic nitrogens is 2. The minimum absolute atomic E-state index is 0.128. The molecule has 0 saturated carbocycles. The van der Waals surface area contributed by atoms with Gasteiger partial charge in [-0.3, -0.25) is 14.9 Å². The Kier molecular flexibility index (Phi) is 7.06. The first-order valence-corrected chi connectivity index (χ1v) is 12.0. The molecule has 0 aliphatic carbocycles. The molecule has 0 aliphatic rings. The smallest absolute Gasteiger partial charge is 0.344 e. The molecule has 0 N–H and O–H groups in total. The summed E-state index contributed by atoms with van der Waals surface area (Å²) in [7, 11) is 0. The van der Waals surface area contributed by atoms with Crippen molar-refractivity contribution in [3.05, 3.63) is 97.8 Å². The lowest BCUT2D eigenvalue weighted by atomic mass is 10.2. The number of ether oxygens (including phenoxy) is 2. The van der Waals surface area contributed by atoms with Gasteiger partial charge in [-0.1, -0.05) is 41.9 Å². The maximum absolute atomic E-state index is 13.4. The van der Waals surface area contributed by atoms with Crippen LogP contribution in [0.1, 0.15) is 12.5 Å². The summed E-state index contributed by atoms with van der Waals surface area (Å²) in [5, 5.41) is 17.0. The monoisotopic (exact) mass is 546 g/mol. The molecule has 0 saturated heterocycles. The lowest BCUT2D eigenvalue weighted by Crippen LogP contribution is -2.20. The number of fused-ring (bicyclic) bond motifs is 2. The number of hydrogen-bond donors (Lipinski definition) is 0. The van der Waals surface area contributed by atoms with Crippen LogP contribution in [0, 0.1) is 10.1 Å². The minimum Gasteiger partial charge on any atom is -0.474 e. The van der Waals surface area contributed by atoms with Crippen molar-refractivity contribution in [3.8, 4) is 17.3 Å². The van der Waals surface area contributed by atoms with Gasteiger partial charge in [0.2, 0.25) is 11.6 Å². The fraction of sp³-hybridized carbons (Fsp3) is 0.111. The molecule has 0 atom stereocenters. The first-order valence-electron chi connectivity index (χ1n) is 11.7. The van der Waals surface area contributed by atoms with Crippen molar-refractivity contribution in [2.75, 3.05) is 13.2 Å². The largest absolute Gasteiger partial charge is 0.474 e. The third-order valence-electron chi connectivity index (χ3n) is 5.60. The highest BCUT2D eigenvalue weighted by atomic mass is 35.5. The molecule has 3 aromatic carbocycles. The van der Waals surface area contributed by atoms with Crippen molar-refractivity contribution >= 4 is 51.3 Å². The zero-order chi connectivity index (χ0) is 27.5. The highest BCUT2D eigenvalue weighted by molar-refractivity contribution is 6.32. The van der Waals surface area contributed by atoms with E-state index in [2.05, 4.69) is 10.1 Å². The summed E-state index contributed by atoms with van der Waals surface area (Å²) in [6.45, 7) is 1.20. The van der Waals surface area contributed by atoms with Crippen molar-refractivity contribution < 1.29 is 23.6 Å². The van der Waals surface area contributed by atoms with Crippen LogP contribution < -0.4 is 10.3 Å². The molecule has 0 spiro atoms. The van der Waals surface area contributed by atoms with E-state index in [1.54, 1.807) is 43.3 Å². The fourth-order valence-electron chi connectivity index (χ4n) is 3.89. The quantitative estimate of drug-likeness (QED) is 0.112. The zero-order valence-corrected chi connectivity index (χ0v) is 21.1. The highest BCUT2D eigenvalue weighted by Gasteiger charge is 2.22. The highest BCUT2D eigenvalue weighted by Crippen LogP contribution is 2.36. The van der Waals surface area contributed by atoms with E-state index >= 15 is 0 Å². The van der Waals surface area contributed by atoms with E-state index in [4.69, 9.17) is 25.5 Å². The third kappa shape index (κ3) is 5.20. The Morgan fingerprint density at radius 1 is 1.18 bits per heavy atom. The number of carbonyl (C=O) groups excluding carboxylic acids is 1. The van der Waals surface area contributed by atoms with Crippen molar-refractivity contribution in [3.63, 3.8) is 0 Å². The molecule has 0 unspecified atom stereocenters. The summed E-state index contributed by atoms with van der Waals surface area (Å²) >= 11 is 6.26. The summed E-state index contributed by atoms with van der Waals surface area (Å²) in [5.41, 5.74) is 0.292. The summed E-state index contributed by atoms with van der Waals surface area (Å²) in [4.78, 5) is 40.7. The third-order valence-corrected chi connectivity index (χ3v) is 5.89. The average Bonchev–Trinajstić information content (AvgIpc) is 3.36. The number of hydrogen-bond acceptors (Lipinski definition) is 9. The summed E-state index contributed by atoms with van der Waals surface area (Å²) in [6, 6.07) is 18.4. The van der Waals surface area contributed by atoms with Gasteiger partial charge in [-0.2, -0.15) is 9.78 Å². The molecule has 2 aromatic heterocycles. The number of nitro groups is 1. The first-order chi connectivity index (χ1) is 18.9. The van der Waals surface area contributed by atoms with E-state index < -0.39 is 28.7 Å². The van der Waals surface area contributed by atoms with Gasteiger partial charge >= 0.3 is 11.7 Å². The summed E-state index contributed by atoms with van der Waals surface area (Å²) < 4.78 is 17.0. The van der Waals surface area contributed by atoms with Crippen LogP contribution in [0.2, 0.25) is 5.02 Å². The van der Waals surface area contributed by atoms with Gasteiger partial charge in [0.1, 0.15) is 5.58 Å². The first kappa shape index (κ1) is 25.6. The van der Waals surface area contributed by atoms with Crippen LogP contribution >= 0.6 is 11.6 Å². The molecule has 0 aliphatic heterocycles. The maximum Gasteiger partial charge on any atom is 0.344 e. The molecule has 12 heteroatoms.